The Morgan fingerprint density at radius 2 is 1.90 bits per heavy atom. The molecule has 0 aliphatic carbocycles. The molecule has 1 saturated heterocycles. The molecule has 21 heavy (non-hydrogen) atoms. The molecule has 1 atom stereocenters. The van der Waals surface area contributed by atoms with Crippen molar-refractivity contribution in [2.45, 2.75) is 64.5 Å². The molecular weight excluding hydrogens is 300 g/mol. The van der Waals surface area contributed by atoms with Gasteiger partial charge in [-0.15, -0.1) is 11.3 Å². The van der Waals surface area contributed by atoms with E-state index in [1.807, 2.05) is 6.07 Å². The lowest BCUT2D eigenvalue weighted by Crippen LogP contribution is -2.53. The van der Waals surface area contributed by atoms with Crippen LogP contribution in [0.4, 0.5) is 0 Å². The molecule has 0 saturated carbocycles. The third-order valence-corrected chi connectivity index (χ3v) is 5.90. The van der Waals surface area contributed by atoms with Crippen LogP contribution in [0.3, 0.4) is 0 Å². The van der Waals surface area contributed by atoms with Crippen LogP contribution in [0, 0.1) is 0 Å². The average molecular weight is 329 g/mol. The summed E-state index contributed by atoms with van der Waals surface area (Å²) in [5.74, 6) is 0. The van der Waals surface area contributed by atoms with E-state index in [0.29, 0.717) is 6.04 Å². The van der Waals surface area contributed by atoms with E-state index in [9.17, 15) is 0 Å². The fraction of sp³-hybridized carbons (Fsp3) is 0.765. The third kappa shape index (κ3) is 4.44. The molecule has 1 aliphatic heterocycles. The summed E-state index contributed by atoms with van der Waals surface area (Å²) in [6.45, 7) is 10.5. The highest BCUT2D eigenvalue weighted by Crippen LogP contribution is 2.37. The highest BCUT2D eigenvalue weighted by Gasteiger charge is 2.36. The number of nitrogens with zero attached hydrogens (tertiary/aromatic N) is 1. The van der Waals surface area contributed by atoms with Crippen molar-refractivity contribution < 1.29 is 0 Å². The Hall–Kier alpha value is -0.0900. The van der Waals surface area contributed by atoms with Gasteiger partial charge in [0.05, 0.1) is 10.4 Å². The standard InChI is InChI=1S/C17H29ClN2S/c1-4-11-19-16(14-9-10-15(18)21-14)17(2,3)20-12-7-5-6-8-13-20/h9-10,16,19H,4-8,11-13H2,1-3H3. The number of likely N-dealkylation sites (tertiary alicyclic amines) is 1. The first kappa shape index (κ1) is 17.3. The molecule has 2 nitrogen and oxygen atoms in total. The summed E-state index contributed by atoms with van der Waals surface area (Å²) in [5.41, 5.74) is 0.119. The summed E-state index contributed by atoms with van der Waals surface area (Å²) in [5, 5.41) is 3.77. The minimum Gasteiger partial charge on any atom is -0.308 e. The maximum absolute atomic E-state index is 6.18. The number of rotatable bonds is 6. The van der Waals surface area contributed by atoms with Crippen molar-refractivity contribution in [1.82, 2.24) is 10.2 Å². The van der Waals surface area contributed by atoms with E-state index in [1.165, 1.54) is 43.6 Å². The molecule has 0 radical (unpaired) electrons. The van der Waals surface area contributed by atoms with E-state index in [0.717, 1.165) is 17.3 Å². The first-order valence-corrected chi connectivity index (χ1v) is 9.49. The van der Waals surface area contributed by atoms with Crippen LogP contribution in [0.1, 0.15) is 63.8 Å². The van der Waals surface area contributed by atoms with Gasteiger partial charge < -0.3 is 5.32 Å². The highest BCUT2D eigenvalue weighted by molar-refractivity contribution is 7.16. The Morgan fingerprint density at radius 1 is 1.24 bits per heavy atom. The molecule has 1 aliphatic rings. The van der Waals surface area contributed by atoms with E-state index >= 15 is 0 Å². The Morgan fingerprint density at radius 3 is 2.43 bits per heavy atom. The Kier molecular flexibility index (Phi) is 6.54. The van der Waals surface area contributed by atoms with Gasteiger partial charge >= 0.3 is 0 Å². The molecule has 1 unspecified atom stereocenters. The van der Waals surface area contributed by atoms with Crippen LogP contribution in [0.2, 0.25) is 4.34 Å². The van der Waals surface area contributed by atoms with Gasteiger partial charge in [0.2, 0.25) is 0 Å². The second-order valence-electron chi connectivity index (χ2n) is 6.58. The van der Waals surface area contributed by atoms with Crippen molar-refractivity contribution in [2.75, 3.05) is 19.6 Å². The molecule has 2 rings (SSSR count). The van der Waals surface area contributed by atoms with E-state index in [1.54, 1.807) is 11.3 Å². The maximum Gasteiger partial charge on any atom is 0.0931 e. The summed E-state index contributed by atoms with van der Waals surface area (Å²) in [4.78, 5) is 4.05. The molecule has 1 N–H and O–H groups in total. The van der Waals surface area contributed by atoms with E-state index in [-0.39, 0.29) is 5.54 Å². The van der Waals surface area contributed by atoms with Crippen LogP contribution in [0.25, 0.3) is 0 Å². The Balaban J connectivity index is 2.20. The number of nitrogens with one attached hydrogen (secondary N) is 1. The molecule has 1 fully saturated rings. The summed E-state index contributed by atoms with van der Waals surface area (Å²) in [6.07, 6.45) is 6.57. The number of thiophene rings is 1. The van der Waals surface area contributed by atoms with Crippen LogP contribution < -0.4 is 5.32 Å². The van der Waals surface area contributed by atoms with Gasteiger partial charge in [-0.25, -0.2) is 0 Å². The third-order valence-electron chi connectivity index (χ3n) is 4.60. The largest absolute Gasteiger partial charge is 0.308 e. The minimum absolute atomic E-state index is 0.119. The van der Waals surface area contributed by atoms with Gasteiger partial charge in [0.25, 0.3) is 0 Å². The van der Waals surface area contributed by atoms with Gasteiger partial charge in [-0.3, -0.25) is 4.90 Å². The molecule has 0 bridgehead atoms. The lowest BCUT2D eigenvalue weighted by molar-refractivity contribution is 0.0846. The minimum atomic E-state index is 0.119. The predicted molar refractivity (Wildman–Crippen MR) is 94.5 cm³/mol. The quantitative estimate of drug-likeness (QED) is 0.781. The highest BCUT2D eigenvalue weighted by atomic mass is 35.5. The van der Waals surface area contributed by atoms with Gasteiger partial charge in [0, 0.05) is 10.4 Å². The molecule has 0 amide bonds. The molecule has 4 heteroatoms. The monoisotopic (exact) mass is 328 g/mol. The summed E-state index contributed by atoms with van der Waals surface area (Å²) >= 11 is 7.90. The van der Waals surface area contributed by atoms with Gasteiger partial charge in [-0.05, 0) is 64.9 Å². The van der Waals surface area contributed by atoms with Crippen molar-refractivity contribution >= 4 is 22.9 Å². The predicted octanol–water partition coefficient (Wildman–Crippen LogP) is 5.10. The van der Waals surface area contributed by atoms with Crippen LogP contribution in [-0.4, -0.2) is 30.1 Å². The smallest absolute Gasteiger partial charge is 0.0931 e. The fourth-order valence-electron chi connectivity index (χ4n) is 3.30. The molecule has 2 heterocycles. The second-order valence-corrected chi connectivity index (χ2v) is 8.33. The SMILES string of the molecule is CCCNC(c1ccc(Cl)s1)C(C)(C)N1CCCCCC1. The zero-order valence-electron chi connectivity index (χ0n) is 13.6. The molecular formula is C17H29ClN2S. The second kappa shape index (κ2) is 7.96. The van der Waals surface area contributed by atoms with Crippen LogP contribution in [-0.2, 0) is 0 Å². The summed E-state index contributed by atoms with van der Waals surface area (Å²) < 4.78 is 0.889. The van der Waals surface area contributed by atoms with Gasteiger partial charge in [0.15, 0.2) is 0 Å². The van der Waals surface area contributed by atoms with Crippen molar-refractivity contribution in [3.63, 3.8) is 0 Å². The van der Waals surface area contributed by atoms with E-state index in [2.05, 4.69) is 37.1 Å². The first-order chi connectivity index (χ1) is 10.1. The number of halogens is 1. The fourth-order valence-corrected chi connectivity index (χ4v) is 4.62. The summed E-state index contributed by atoms with van der Waals surface area (Å²) in [7, 11) is 0. The van der Waals surface area contributed by atoms with Crippen molar-refractivity contribution in [1.29, 1.82) is 0 Å². The molecule has 0 aromatic carbocycles. The normalized spacial score (nSPS) is 19.4. The zero-order chi connectivity index (χ0) is 15.3. The lowest BCUT2D eigenvalue weighted by atomic mass is 9.90. The molecule has 120 valence electrons. The van der Waals surface area contributed by atoms with E-state index in [4.69, 9.17) is 11.6 Å². The van der Waals surface area contributed by atoms with E-state index < -0.39 is 0 Å². The van der Waals surface area contributed by atoms with Crippen molar-refractivity contribution in [3.8, 4) is 0 Å². The van der Waals surface area contributed by atoms with Gasteiger partial charge in [-0.1, -0.05) is 31.4 Å². The Bertz CT molecular complexity index is 422. The first-order valence-electron chi connectivity index (χ1n) is 8.29. The average Bonchev–Trinajstić information content (AvgIpc) is 2.71. The van der Waals surface area contributed by atoms with Gasteiger partial charge in [-0.2, -0.15) is 0 Å². The molecule has 1 aromatic rings. The number of hydrogen-bond acceptors (Lipinski definition) is 3. The topological polar surface area (TPSA) is 15.3 Å². The van der Waals surface area contributed by atoms with Gasteiger partial charge in [0.1, 0.15) is 0 Å². The van der Waals surface area contributed by atoms with Crippen molar-refractivity contribution in [3.05, 3.63) is 21.3 Å². The molecule has 1 aromatic heterocycles. The lowest BCUT2D eigenvalue weighted by Gasteiger charge is -2.44. The Labute approximate surface area is 138 Å². The van der Waals surface area contributed by atoms with Crippen molar-refractivity contribution in [2.24, 2.45) is 0 Å². The van der Waals surface area contributed by atoms with Crippen LogP contribution in [0.5, 0.6) is 0 Å². The van der Waals surface area contributed by atoms with Crippen LogP contribution >= 0.6 is 22.9 Å². The number of hydrogen-bond donors (Lipinski definition) is 1. The molecule has 0 spiro atoms. The van der Waals surface area contributed by atoms with Crippen LogP contribution in [0.15, 0.2) is 12.1 Å². The maximum atomic E-state index is 6.18. The summed E-state index contributed by atoms with van der Waals surface area (Å²) in [6, 6.07) is 4.58. The zero-order valence-corrected chi connectivity index (χ0v) is 15.2.